The number of aromatic amines is 2. The summed E-state index contributed by atoms with van der Waals surface area (Å²) >= 11 is 4.88. The molecule has 0 saturated carbocycles. The van der Waals surface area contributed by atoms with E-state index in [2.05, 4.69) is 36.1 Å². The number of rotatable bonds is 5. The van der Waals surface area contributed by atoms with Crippen molar-refractivity contribution in [2.24, 2.45) is 0 Å². The molecule has 2 heterocycles. The molecule has 136 valence electrons. The van der Waals surface area contributed by atoms with Gasteiger partial charge in [0.25, 0.3) is 0 Å². The second-order valence-electron chi connectivity index (χ2n) is 6.24. The van der Waals surface area contributed by atoms with Crippen LogP contribution in [-0.4, -0.2) is 31.2 Å². The van der Waals surface area contributed by atoms with E-state index >= 15 is 0 Å². The van der Waals surface area contributed by atoms with Gasteiger partial charge in [-0.25, -0.2) is 4.98 Å². The van der Waals surface area contributed by atoms with Crippen molar-refractivity contribution in [2.75, 3.05) is 0 Å². The number of para-hydroxylation sites is 1. The lowest BCUT2D eigenvalue weighted by atomic mass is 10.1. The summed E-state index contributed by atoms with van der Waals surface area (Å²) in [6, 6.07) is 15.7. The molecule has 7 heteroatoms. The van der Waals surface area contributed by atoms with Gasteiger partial charge in [-0.15, -0.1) is 5.10 Å². The number of carbonyl (C=O) groups excluding carboxylic acids is 1. The van der Waals surface area contributed by atoms with Gasteiger partial charge in [-0.1, -0.05) is 64.1 Å². The average Bonchev–Trinajstić information content (AvgIpc) is 3.25. The highest BCUT2D eigenvalue weighted by atomic mass is 79.9. The number of fused-ring (bicyclic) bond motifs is 1. The maximum atomic E-state index is 13.1. The Bertz CT molecular complexity index is 1130. The van der Waals surface area contributed by atoms with Crippen LogP contribution < -0.4 is 0 Å². The monoisotopic (exact) mass is 440 g/mol. The molecule has 0 unspecified atom stereocenters. The molecule has 2 N–H and O–H groups in total. The quantitative estimate of drug-likeness (QED) is 0.322. The van der Waals surface area contributed by atoms with E-state index in [1.54, 1.807) is 0 Å². The molecule has 1 atom stereocenters. The molecule has 2 aromatic heterocycles. The summed E-state index contributed by atoms with van der Waals surface area (Å²) in [5.41, 5.74) is 3.54. The molecule has 0 bridgehead atoms. The van der Waals surface area contributed by atoms with Crippen LogP contribution in [0.25, 0.3) is 22.3 Å². The van der Waals surface area contributed by atoms with Gasteiger partial charge in [-0.05, 0) is 26.0 Å². The fourth-order valence-electron chi connectivity index (χ4n) is 3.08. The number of nitrogens with one attached hydrogen (secondary N) is 2. The van der Waals surface area contributed by atoms with Crippen LogP contribution >= 0.6 is 27.7 Å². The Morgan fingerprint density at radius 2 is 1.89 bits per heavy atom. The van der Waals surface area contributed by atoms with Crippen LogP contribution in [0.15, 0.2) is 58.2 Å². The summed E-state index contributed by atoms with van der Waals surface area (Å²) in [5.74, 6) is 0.745. The van der Waals surface area contributed by atoms with E-state index in [-0.39, 0.29) is 11.0 Å². The Morgan fingerprint density at radius 3 is 2.70 bits per heavy atom. The molecular weight excluding hydrogens is 424 g/mol. The topological polar surface area (TPSA) is 74.4 Å². The number of benzene rings is 2. The molecule has 0 spiro atoms. The molecule has 2 aromatic carbocycles. The molecule has 0 fully saturated rings. The van der Waals surface area contributed by atoms with Crippen molar-refractivity contribution < 1.29 is 4.79 Å². The highest BCUT2D eigenvalue weighted by Gasteiger charge is 2.23. The van der Waals surface area contributed by atoms with E-state index in [4.69, 9.17) is 0 Å². The molecule has 0 aliphatic carbocycles. The van der Waals surface area contributed by atoms with Gasteiger partial charge in [0, 0.05) is 32.2 Å². The van der Waals surface area contributed by atoms with E-state index in [0.29, 0.717) is 11.0 Å². The van der Waals surface area contributed by atoms with Gasteiger partial charge in [0.05, 0.1) is 5.25 Å². The maximum absolute atomic E-state index is 13.1. The average molecular weight is 441 g/mol. The molecule has 4 aromatic rings. The van der Waals surface area contributed by atoms with E-state index < -0.39 is 0 Å². The zero-order valence-corrected chi connectivity index (χ0v) is 17.2. The largest absolute Gasteiger partial charge is 0.358 e. The second-order valence-corrected chi connectivity index (χ2v) is 8.40. The number of hydrogen-bond acceptors (Lipinski definition) is 4. The van der Waals surface area contributed by atoms with E-state index in [0.717, 1.165) is 32.2 Å². The Morgan fingerprint density at radius 1 is 1.15 bits per heavy atom. The first-order chi connectivity index (χ1) is 13.0. The Hall–Kier alpha value is -2.38. The van der Waals surface area contributed by atoms with Crippen molar-refractivity contribution in [3.8, 4) is 11.4 Å². The molecular formula is C20H17BrN4OS. The lowest BCUT2D eigenvalue weighted by Gasteiger charge is -2.08. The van der Waals surface area contributed by atoms with Crippen LogP contribution in [0.2, 0.25) is 0 Å². The number of carbonyl (C=O) groups is 1. The molecule has 4 rings (SSSR count). The molecule has 0 aliphatic heterocycles. The summed E-state index contributed by atoms with van der Waals surface area (Å²) in [4.78, 5) is 20.9. The van der Waals surface area contributed by atoms with Crippen molar-refractivity contribution in [3.63, 3.8) is 0 Å². The first-order valence-electron chi connectivity index (χ1n) is 8.50. The number of Topliss-reactive ketones (excluding diaryl/α,β-unsaturated/α-hetero) is 1. The Balaban J connectivity index is 1.57. The van der Waals surface area contributed by atoms with Crippen molar-refractivity contribution >= 4 is 44.4 Å². The number of aryl methyl sites for hydroxylation is 1. The van der Waals surface area contributed by atoms with Crippen molar-refractivity contribution in [3.05, 3.63) is 64.3 Å². The van der Waals surface area contributed by atoms with Crippen molar-refractivity contribution in [2.45, 2.75) is 24.3 Å². The molecule has 27 heavy (non-hydrogen) atoms. The molecule has 0 aliphatic rings. The third kappa shape index (κ3) is 3.44. The fourth-order valence-corrected chi connectivity index (χ4v) is 4.34. The Kier molecular flexibility index (Phi) is 4.88. The van der Waals surface area contributed by atoms with Gasteiger partial charge in [0.1, 0.15) is 0 Å². The summed E-state index contributed by atoms with van der Waals surface area (Å²) in [6.07, 6.45) is 0. The minimum atomic E-state index is -0.300. The highest BCUT2D eigenvalue weighted by molar-refractivity contribution is 9.10. The maximum Gasteiger partial charge on any atom is 0.209 e. The zero-order chi connectivity index (χ0) is 19.0. The Labute approximate surface area is 169 Å². The normalized spacial score (nSPS) is 12.4. The number of hydrogen-bond donors (Lipinski definition) is 2. The third-order valence-corrected chi connectivity index (χ3v) is 6.04. The van der Waals surface area contributed by atoms with Crippen LogP contribution in [0, 0.1) is 6.92 Å². The van der Waals surface area contributed by atoms with E-state index in [1.165, 1.54) is 11.8 Å². The zero-order valence-electron chi connectivity index (χ0n) is 14.8. The number of H-pyrrole nitrogens is 2. The number of thioether (sulfide) groups is 1. The summed E-state index contributed by atoms with van der Waals surface area (Å²) in [6.45, 7) is 3.82. The van der Waals surface area contributed by atoms with Crippen LogP contribution in [0.3, 0.4) is 0 Å². The minimum absolute atomic E-state index is 0.0715. The SMILES string of the molecule is Cc1[nH]c2ccccc2c1C(=O)[C@H](C)Sc1n[nH]c(-c2ccccc2Br)n1. The summed E-state index contributed by atoms with van der Waals surface area (Å²) in [7, 11) is 0. The van der Waals surface area contributed by atoms with Crippen LogP contribution in [0.1, 0.15) is 23.0 Å². The van der Waals surface area contributed by atoms with Gasteiger partial charge in [-0.2, -0.15) is 0 Å². The predicted octanol–water partition coefficient (Wildman–Crippen LogP) is 5.39. The molecule has 5 nitrogen and oxygen atoms in total. The lowest BCUT2D eigenvalue weighted by molar-refractivity contribution is 0.0995. The van der Waals surface area contributed by atoms with E-state index in [1.807, 2.05) is 62.4 Å². The molecule has 0 radical (unpaired) electrons. The first kappa shape index (κ1) is 18.0. The summed E-state index contributed by atoms with van der Waals surface area (Å²) < 4.78 is 0.941. The highest BCUT2D eigenvalue weighted by Crippen LogP contribution is 2.30. The van der Waals surface area contributed by atoms with Crippen molar-refractivity contribution in [1.82, 2.24) is 20.2 Å². The number of aromatic nitrogens is 4. The number of nitrogens with zero attached hydrogens (tertiary/aromatic N) is 2. The fraction of sp³-hybridized carbons (Fsp3) is 0.150. The summed E-state index contributed by atoms with van der Waals surface area (Å²) in [5, 5.41) is 8.43. The van der Waals surface area contributed by atoms with Crippen molar-refractivity contribution in [1.29, 1.82) is 0 Å². The molecule has 0 saturated heterocycles. The van der Waals surface area contributed by atoms with Crippen LogP contribution in [0.5, 0.6) is 0 Å². The smallest absolute Gasteiger partial charge is 0.209 e. The standard InChI is InChI=1S/C20H17BrN4OS/c1-11-17(14-8-4-6-10-16(14)22-11)18(26)12(2)27-20-23-19(24-25-20)13-7-3-5-9-15(13)21/h3-10,12,22H,1-2H3,(H,23,24,25)/t12-/m0/s1. The van der Waals surface area contributed by atoms with Gasteiger partial charge in [0.15, 0.2) is 11.6 Å². The van der Waals surface area contributed by atoms with Gasteiger partial charge < -0.3 is 4.98 Å². The lowest BCUT2D eigenvalue weighted by Crippen LogP contribution is -2.14. The molecule has 0 amide bonds. The van der Waals surface area contributed by atoms with Gasteiger partial charge >= 0.3 is 0 Å². The third-order valence-electron chi connectivity index (χ3n) is 4.39. The van der Waals surface area contributed by atoms with E-state index in [9.17, 15) is 4.79 Å². The van der Waals surface area contributed by atoms with Gasteiger partial charge in [-0.3, -0.25) is 9.89 Å². The minimum Gasteiger partial charge on any atom is -0.358 e. The first-order valence-corrected chi connectivity index (χ1v) is 10.2. The van der Waals surface area contributed by atoms with Crippen LogP contribution in [-0.2, 0) is 0 Å². The number of ketones is 1. The van der Waals surface area contributed by atoms with Crippen LogP contribution in [0.4, 0.5) is 0 Å². The number of halogens is 1. The van der Waals surface area contributed by atoms with Gasteiger partial charge in [0.2, 0.25) is 5.16 Å². The second kappa shape index (κ2) is 7.32. The predicted molar refractivity (Wildman–Crippen MR) is 112 cm³/mol.